The van der Waals surface area contributed by atoms with Crippen molar-refractivity contribution in [1.82, 2.24) is 5.32 Å². The highest BCUT2D eigenvalue weighted by Crippen LogP contribution is 2.33. The standard InChI is InChI=1S/C16H26BrNO2/c1-12(2)11-18-8-6-5-7-13-9-15(19-3)16(20-4)10-14(13)17/h9-10,12,18H,5-8,11H2,1-4H3. The second-order valence-corrected chi connectivity index (χ2v) is 6.21. The van der Waals surface area contributed by atoms with E-state index >= 15 is 0 Å². The molecule has 0 saturated heterocycles. The number of methoxy groups -OCH3 is 2. The van der Waals surface area contributed by atoms with Crippen LogP contribution in [0.1, 0.15) is 32.3 Å². The highest BCUT2D eigenvalue weighted by atomic mass is 79.9. The molecule has 20 heavy (non-hydrogen) atoms. The van der Waals surface area contributed by atoms with Gasteiger partial charge in [0.25, 0.3) is 0 Å². The Morgan fingerprint density at radius 3 is 2.35 bits per heavy atom. The van der Waals surface area contributed by atoms with Gasteiger partial charge in [0.05, 0.1) is 14.2 Å². The van der Waals surface area contributed by atoms with Gasteiger partial charge in [-0.1, -0.05) is 29.8 Å². The van der Waals surface area contributed by atoms with Crippen molar-refractivity contribution in [3.8, 4) is 11.5 Å². The second-order valence-electron chi connectivity index (χ2n) is 5.35. The SMILES string of the molecule is COc1cc(Br)c(CCCCNCC(C)C)cc1OC. The smallest absolute Gasteiger partial charge is 0.161 e. The quantitative estimate of drug-likeness (QED) is 0.686. The van der Waals surface area contributed by atoms with Crippen LogP contribution in [-0.2, 0) is 6.42 Å². The molecule has 3 nitrogen and oxygen atoms in total. The highest BCUT2D eigenvalue weighted by molar-refractivity contribution is 9.10. The number of hydrogen-bond acceptors (Lipinski definition) is 3. The van der Waals surface area contributed by atoms with Gasteiger partial charge in [0, 0.05) is 4.47 Å². The zero-order chi connectivity index (χ0) is 15.0. The van der Waals surface area contributed by atoms with Gasteiger partial charge in [0.1, 0.15) is 0 Å². The molecule has 0 amide bonds. The largest absolute Gasteiger partial charge is 0.493 e. The monoisotopic (exact) mass is 343 g/mol. The Bertz CT molecular complexity index is 408. The van der Waals surface area contributed by atoms with E-state index in [9.17, 15) is 0 Å². The van der Waals surface area contributed by atoms with Gasteiger partial charge in [-0.2, -0.15) is 0 Å². The predicted octanol–water partition coefficient (Wildman–Crippen LogP) is 4.03. The van der Waals surface area contributed by atoms with E-state index in [2.05, 4.69) is 41.2 Å². The maximum atomic E-state index is 5.34. The van der Waals surface area contributed by atoms with Crippen molar-refractivity contribution in [2.45, 2.75) is 33.1 Å². The van der Waals surface area contributed by atoms with Crippen LogP contribution >= 0.6 is 15.9 Å². The lowest BCUT2D eigenvalue weighted by Gasteiger charge is -2.12. The number of benzene rings is 1. The third kappa shape index (κ3) is 5.71. The number of aryl methyl sites for hydroxylation is 1. The lowest BCUT2D eigenvalue weighted by Crippen LogP contribution is -2.20. The third-order valence-corrected chi connectivity index (χ3v) is 3.89. The molecular weight excluding hydrogens is 318 g/mol. The summed E-state index contributed by atoms with van der Waals surface area (Å²) in [5.74, 6) is 2.28. The number of ether oxygens (including phenoxy) is 2. The first-order chi connectivity index (χ1) is 9.58. The van der Waals surface area contributed by atoms with Gasteiger partial charge in [-0.25, -0.2) is 0 Å². The lowest BCUT2D eigenvalue weighted by atomic mass is 10.1. The molecule has 1 rings (SSSR count). The Morgan fingerprint density at radius 1 is 1.10 bits per heavy atom. The van der Waals surface area contributed by atoms with Crippen molar-refractivity contribution in [1.29, 1.82) is 0 Å². The zero-order valence-corrected chi connectivity index (χ0v) is 14.5. The van der Waals surface area contributed by atoms with Crippen LogP contribution in [0.15, 0.2) is 16.6 Å². The number of rotatable bonds is 9. The van der Waals surface area contributed by atoms with Crippen LogP contribution in [-0.4, -0.2) is 27.3 Å². The number of hydrogen-bond donors (Lipinski definition) is 1. The summed E-state index contributed by atoms with van der Waals surface area (Å²) in [5, 5.41) is 3.47. The molecule has 4 heteroatoms. The highest BCUT2D eigenvalue weighted by Gasteiger charge is 2.09. The maximum Gasteiger partial charge on any atom is 0.161 e. The van der Waals surface area contributed by atoms with Gasteiger partial charge in [0.15, 0.2) is 11.5 Å². The average molecular weight is 344 g/mol. The Hall–Kier alpha value is -0.740. The summed E-state index contributed by atoms with van der Waals surface area (Å²) in [5.41, 5.74) is 1.27. The van der Waals surface area contributed by atoms with Crippen LogP contribution in [0, 0.1) is 5.92 Å². The van der Waals surface area contributed by atoms with Crippen LogP contribution in [0.4, 0.5) is 0 Å². The first kappa shape index (κ1) is 17.3. The molecule has 0 saturated carbocycles. The molecule has 0 spiro atoms. The Labute approximate surface area is 131 Å². The van der Waals surface area contributed by atoms with Crippen molar-refractivity contribution < 1.29 is 9.47 Å². The topological polar surface area (TPSA) is 30.5 Å². The molecule has 0 aliphatic heterocycles. The van der Waals surface area contributed by atoms with Crippen molar-refractivity contribution in [2.24, 2.45) is 5.92 Å². The molecule has 0 bridgehead atoms. The summed E-state index contributed by atoms with van der Waals surface area (Å²) in [4.78, 5) is 0. The molecule has 0 aliphatic rings. The minimum absolute atomic E-state index is 0.718. The molecule has 0 aromatic heterocycles. The summed E-state index contributed by atoms with van der Waals surface area (Å²) in [6.07, 6.45) is 3.40. The van der Waals surface area contributed by atoms with Gasteiger partial charge in [0.2, 0.25) is 0 Å². The van der Waals surface area contributed by atoms with Crippen molar-refractivity contribution in [2.75, 3.05) is 27.3 Å². The van der Waals surface area contributed by atoms with E-state index in [1.165, 1.54) is 18.4 Å². The Balaban J connectivity index is 2.43. The van der Waals surface area contributed by atoms with Gasteiger partial charge in [-0.3, -0.25) is 0 Å². The molecule has 114 valence electrons. The average Bonchev–Trinajstić information content (AvgIpc) is 2.43. The fourth-order valence-electron chi connectivity index (χ4n) is 2.04. The fourth-order valence-corrected chi connectivity index (χ4v) is 2.56. The summed E-state index contributed by atoms with van der Waals surface area (Å²) < 4.78 is 11.7. The summed E-state index contributed by atoms with van der Waals surface area (Å²) in [6.45, 7) is 6.64. The predicted molar refractivity (Wildman–Crippen MR) is 87.9 cm³/mol. The summed E-state index contributed by atoms with van der Waals surface area (Å²) in [6, 6.07) is 4.04. The molecule has 0 atom stereocenters. The van der Waals surface area contributed by atoms with E-state index < -0.39 is 0 Å². The summed E-state index contributed by atoms with van der Waals surface area (Å²) >= 11 is 3.60. The number of halogens is 1. The van der Waals surface area contributed by atoms with E-state index in [0.29, 0.717) is 0 Å². The minimum Gasteiger partial charge on any atom is -0.493 e. The van der Waals surface area contributed by atoms with E-state index in [0.717, 1.165) is 41.4 Å². The van der Waals surface area contributed by atoms with E-state index in [4.69, 9.17) is 9.47 Å². The van der Waals surface area contributed by atoms with Gasteiger partial charge >= 0.3 is 0 Å². The molecule has 0 unspecified atom stereocenters. The first-order valence-electron chi connectivity index (χ1n) is 7.19. The van der Waals surface area contributed by atoms with Crippen LogP contribution in [0.3, 0.4) is 0 Å². The zero-order valence-electron chi connectivity index (χ0n) is 13.0. The van der Waals surface area contributed by atoms with Crippen LogP contribution in [0.25, 0.3) is 0 Å². The van der Waals surface area contributed by atoms with Crippen LogP contribution < -0.4 is 14.8 Å². The molecule has 0 fully saturated rings. The molecule has 0 aliphatic carbocycles. The summed E-state index contributed by atoms with van der Waals surface area (Å²) in [7, 11) is 3.33. The maximum absolute atomic E-state index is 5.34. The van der Waals surface area contributed by atoms with Crippen LogP contribution in [0.2, 0.25) is 0 Å². The van der Waals surface area contributed by atoms with Crippen molar-refractivity contribution in [3.63, 3.8) is 0 Å². The van der Waals surface area contributed by atoms with Gasteiger partial charge in [-0.15, -0.1) is 0 Å². The van der Waals surface area contributed by atoms with E-state index in [1.54, 1.807) is 14.2 Å². The molecule has 1 N–H and O–H groups in total. The lowest BCUT2D eigenvalue weighted by molar-refractivity contribution is 0.354. The first-order valence-corrected chi connectivity index (χ1v) is 7.99. The number of nitrogens with one attached hydrogen (secondary N) is 1. The van der Waals surface area contributed by atoms with Gasteiger partial charge < -0.3 is 14.8 Å². The minimum atomic E-state index is 0.718. The van der Waals surface area contributed by atoms with Crippen molar-refractivity contribution >= 4 is 15.9 Å². The normalized spacial score (nSPS) is 10.9. The molecule has 1 aromatic carbocycles. The second kappa shape index (κ2) is 9.24. The molecule has 0 radical (unpaired) electrons. The van der Waals surface area contributed by atoms with Gasteiger partial charge in [-0.05, 0) is 56.0 Å². The Morgan fingerprint density at radius 2 is 1.75 bits per heavy atom. The fraction of sp³-hybridized carbons (Fsp3) is 0.625. The van der Waals surface area contributed by atoms with Crippen molar-refractivity contribution in [3.05, 3.63) is 22.2 Å². The molecule has 0 heterocycles. The molecular formula is C16H26BrNO2. The van der Waals surface area contributed by atoms with Crippen LogP contribution in [0.5, 0.6) is 11.5 Å². The van der Waals surface area contributed by atoms with E-state index in [-0.39, 0.29) is 0 Å². The molecule has 1 aromatic rings. The number of unbranched alkanes of at least 4 members (excludes halogenated alkanes) is 1. The third-order valence-electron chi connectivity index (χ3n) is 3.15. The van der Waals surface area contributed by atoms with E-state index in [1.807, 2.05) is 6.07 Å². The Kier molecular flexibility index (Phi) is 8.00.